The first-order valence-electron chi connectivity index (χ1n) is 10.4. The molecule has 1 aromatic carbocycles. The van der Waals surface area contributed by atoms with Gasteiger partial charge in [-0.15, -0.1) is 0 Å². The highest BCUT2D eigenvalue weighted by Crippen LogP contribution is 2.26. The minimum Gasteiger partial charge on any atom is -0.337 e. The molecule has 1 aliphatic rings. The predicted octanol–water partition coefficient (Wildman–Crippen LogP) is 2.74. The number of nitrogens with one attached hydrogen (secondary N) is 4. The van der Waals surface area contributed by atoms with Crippen LogP contribution in [0.3, 0.4) is 0 Å². The van der Waals surface area contributed by atoms with Crippen LogP contribution in [0.15, 0.2) is 36.4 Å². The van der Waals surface area contributed by atoms with Crippen LogP contribution in [0.1, 0.15) is 52.2 Å². The van der Waals surface area contributed by atoms with Crippen molar-refractivity contribution in [3.63, 3.8) is 0 Å². The Bertz CT molecular complexity index is 887. The van der Waals surface area contributed by atoms with E-state index in [-0.39, 0.29) is 29.3 Å². The maximum atomic E-state index is 12.5. The molecule has 0 radical (unpaired) electrons. The van der Waals surface area contributed by atoms with E-state index in [0.717, 1.165) is 17.7 Å². The summed E-state index contributed by atoms with van der Waals surface area (Å²) >= 11 is 0. The fourth-order valence-electron chi connectivity index (χ4n) is 3.24. The lowest BCUT2D eigenvalue weighted by Gasteiger charge is -2.34. The number of hydrogen-bond acceptors (Lipinski definition) is 4. The number of urea groups is 1. The van der Waals surface area contributed by atoms with E-state index in [1.807, 2.05) is 50.2 Å². The van der Waals surface area contributed by atoms with Crippen LogP contribution in [0.4, 0.5) is 10.6 Å². The molecule has 2 aromatic rings. The van der Waals surface area contributed by atoms with Crippen LogP contribution in [-0.2, 0) is 16.6 Å². The molecule has 4 N–H and O–H groups in total. The molecule has 3 rings (SSSR count). The van der Waals surface area contributed by atoms with E-state index < -0.39 is 6.29 Å². The van der Waals surface area contributed by atoms with Crippen molar-refractivity contribution < 1.29 is 9.59 Å². The predicted molar refractivity (Wildman–Crippen MR) is 117 cm³/mol. The smallest absolute Gasteiger partial charge is 0.320 e. The Morgan fingerprint density at radius 2 is 1.90 bits per heavy atom. The van der Waals surface area contributed by atoms with Crippen LogP contribution >= 0.6 is 0 Å². The molecule has 8 nitrogen and oxygen atoms in total. The van der Waals surface area contributed by atoms with Crippen LogP contribution in [0, 0.1) is 5.92 Å². The van der Waals surface area contributed by atoms with Crippen molar-refractivity contribution in [1.82, 2.24) is 25.7 Å². The Labute approximate surface area is 177 Å². The average Bonchev–Trinajstić information content (AvgIpc) is 3.11. The molecular weight excluding hydrogens is 380 g/mol. The quantitative estimate of drug-likeness (QED) is 0.607. The zero-order valence-electron chi connectivity index (χ0n) is 18.3. The SMILES string of the molecule is CC1NC(n2nc(C(C)(C)C)cc2NC(=O)NCCc2ccccc2)NC(=O)C1C. The number of hydrogen-bond donors (Lipinski definition) is 4. The summed E-state index contributed by atoms with van der Waals surface area (Å²) in [5, 5.41) is 16.7. The van der Waals surface area contributed by atoms with Crippen molar-refractivity contribution >= 4 is 17.8 Å². The fourth-order valence-corrected chi connectivity index (χ4v) is 3.24. The van der Waals surface area contributed by atoms with Gasteiger partial charge in [-0.2, -0.15) is 5.10 Å². The molecule has 8 heteroatoms. The minimum atomic E-state index is -0.528. The van der Waals surface area contributed by atoms with Crippen LogP contribution in [0.25, 0.3) is 0 Å². The molecule has 0 spiro atoms. The van der Waals surface area contributed by atoms with Crippen molar-refractivity contribution in [2.45, 2.75) is 58.8 Å². The molecule has 1 fully saturated rings. The van der Waals surface area contributed by atoms with Crippen LogP contribution in [0.5, 0.6) is 0 Å². The van der Waals surface area contributed by atoms with E-state index in [4.69, 9.17) is 0 Å². The molecule has 1 aliphatic heterocycles. The Kier molecular flexibility index (Phi) is 6.45. The summed E-state index contributed by atoms with van der Waals surface area (Å²) in [4.78, 5) is 24.8. The van der Waals surface area contributed by atoms with E-state index >= 15 is 0 Å². The molecule has 1 saturated heterocycles. The third kappa shape index (κ3) is 5.18. The monoisotopic (exact) mass is 412 g/mol. The van der Waals surface area contributed by atoms with Gasteiger partial charge in [0.2, 0.25) is 5.91 Å². The lowest BCUT2D eigenvalue weighted by molar-refractivity contribution is -0.130. The van der Waals surface area contributed by atoms with Crippen molar-refractivity contribution in [1.29, 1.82) is 0 Å². The number of benzene rings is 1. The van der Waals surface area contributed by atoms with Gasteiger partial charge in [-0.1, -0.05) is 58.0 Å². The Balaban J connectivity index is 1.72. The summed E-state index contributed by atoms with van der Waals surface area (Å²) in [6, 6.07) is 11.5. The molecular formula is C22H32N6O2. The highest BCUT2D eigenvalue weighted by Gasteiger charge is 2.33. The van der Waals surface area contributed by atoms with Gasteiger partial charge in [0.25, 0.3) is 0 Å². The van der Waals surface area contributed by atoms with E-state index in [1.54, 1.807) is 4.68 Å². The van der Waals surface area contributed by atoms with Gasteiger partial charge in [0.15, 0.2) is 6.29 Å². The van der Waals surface area contributed by atoms with Gasteiger partial charge < -0.3 is 10.6 Å². The molecule has 162 valence electrons. The maximum absolute atomic E-state index is 12.5. The normalized spacial score (nSPS) is 21.8. The summed E-state index contributed by atoms with van der Waals surface area (Å²) in [7, 11) is 0. The van der Waals surface area contributed by atoms with Crippen LogP contribution in [0.2, 0.25) is 0 Å². The van der Waals surface area contributed by atoms with Gasteiger partial charge in [0.1, 0.15) is 5.82 Å². The summed E-state index contributed by atoms with van der Waals surface area (Å²) in [5.74, 6) is 0.339. The zero-order valence-corrected chi connectivity index (χ0v) is 18.3. The minimum absolute atomic E-state index is 0.0152. The maximum Gasteiger partial charge on any atom is 0.320 e. The van der Waals surface area contributed by atoms with E-state index in [1.165, 1.54) is 0 Å². The first-order valence-corrected chi connectivity index (χ1v) is 10.4. The van der Waals surface area contributed by atoms with Gasteiger partial charge >= 0.3 is 6.03 Å². The van der Waals surface area contributed by atoms with Crippen molar-refractivity contribution in [3.05, 3.63) is 47.7 Å². The number of carbonyl (C=O) groups excluding carboxylic acids is 2. The first kappa shape index (κ1) is 21.8. The summed E-state index contributed by atoms with van der Waals surface area (Å²) in [6.07, 6.45) is 0.218. The van der Waals surface area contributed by atoms with Gasteiger partial charge in [0, 0.05) is 24.1 Å². The molecule has 0 aliphatic carbocycles. The number of carbonyl (C=O) groups is 2. The molecule has 3 atom stereocenters. The third-order valence-electron chi connectivity index (χ3n) is 5.40. The summed E-state index contributed by atoms with van der Waals surface area (Å²) in [6.45, 7) is 10.5. The second kappa shape index (κ2) is 8.87. The topological polar surface area (TPSA) is 100 Å². The second-order valence-electron chi connectivity index (χ2n) is 8.88. The number of aromatic nitrogens is 2. The van der Waals surface area contributed by atoms with Crippen molar-refractivity contribution in [2.24, 2.45) is 5.92 Å². The molecule has 0 saturated carbocycles. The van der Waals surface area contributed by atoms with Crippen molar-refractivity contribution in [3.8, 4) is 0 Å². The van der Waals surface area contributed by atoms with Crippen LogP contribution < -0.4 is 21.3 Å². The molecule has 1 aromatic heterocycles. The second-order valence-corrected chi connectivity index (χ2v) is 8.88. The van der Waals surface area contributed by atoms with Gasteiger partial charge in [-0.05, 0) is 18.9 Å². The highest BCUT2D eigenvalue weighted by atomic mass is 16.2. The lowest BCUT2D eigenvalue weighted by atomic mass is 9.92. The molecule has 30 heavy (non-hydrogen) atoms. The molecule has 0 bridgehead atoms. The Hall–Kier alpha value is -2.87. The summed E-state index contributed by atoms with van der Waals surface area (Å²) in [5.41, 5.74) is 1.78. The van der Waals surface area contributed by atoms with Gasteiger partial charge in [0.05, 0.1) is 11.6 Å². The summed E-state index contributed by atoms with van der Waals surface area (Å²) < 4.78 is 1.64. The standard InChI is InChI=1S/C22H32N6O2/c1-14-15(2)24-20(26-19(14)29)28-18(13-17(27-28)22(3,4)5)25-21(30)23-12-11-16-9-7-6-8-10-16/h6-10,13-15,20,24H,11-12H2,1-5H3,(H,26,29)(H2,23,25,30). The first-order chi connectivity index (χ1) is 14.1. The fraction of sp³-hybridized carbons (Fsp3) is 0.500. The van der Waals surface area contributed by atoms with E-state index in [9.17, 15) is 9.59 Å². The third-order valence-corrected chi connectivity index (χ3v) is 5.40. The van der Waals surface area contributed by atoms with Gasteiger partial charge in [-0.25, -0.2) is 9.48 Å². The Morgan fingerprint density at radius 1 is 1.20 bits per heavy atom. The largest absolute Gasteiger partial charge is 0.337 e. The molecule has 2 heterocycles. The number of anilines is 1. The lowest BCUT2D eigenvalue weighted by Crippen LogP contribution is -2.57. The number of rotatable bonds is 5. The highest BCUT2D eigenvalue weighted by molar-refractivity contribution is 5.88. The number of nitrogens with zero attached hydrogens (tertiary/aromatic N) is 2. The Morgan fingerprint density at radius 3 is 2.53 bits per heavy atom. The van der Waals surface area contributed by atoms with Crippen molar-refractivity contribution in [2.75, 3.05) is 11.9 Å². The van der Waals surface area contributed by atoms with Crippen LogP contribution in [-0.4, -0.2) is 34.3 Å². The number of amides is 3. The zero-order chi connectivity index (χ0) is 21.9. The molecule has 3 amide bonds. The average molecular weight is 413 g/mol. The molecule has 3 unspecified atom stereocenters. The van der Waals surface area contributed by atoms with E-state index in [2.05, 4.69) is 47.1 Å². The van der Waals surface area contributed by atoms with E-state index in [0.29, 0.717) is 12.4 Å². The van der Waals surface area contributed by atoms with Gasteiger partial charge in [-0.3, -0.25) is 15.4 Å².